The van der Waals surface area contributed by atoms with E-state index in [2.05, 4.69) is 27.7 Å². The van der Waals surface area contributed by atoms with Crippen molar-refractivity contribution in [3.05, 3.63) is 0 Å². The number of hydrogen-bond donors (Lipinski definition) is 0. The summed E-state index contributed by atoms with van der Waals surface area (Å²) in [7, 11) is -1.30. The maximum absolute atomic E-state index is 8.02. The molecule has 0 spiro atoms. The molecule has 0 heterocycles. The summed E-state index contributed by atoms with van der Waals surface area (Å²) in [6.45, 7) is 6.86. The monoisotopic (exact) mass is 729 g/mol. The zero-order valence-corrected chi connectivity index (χ0v) is 35.9. The third-order valence-electron chi connectivity index (χ3n) is 12.2. The molecule has 0 radical (unpaired) electrons. The van der Waals surface area contributed by atoms with Gasteiger partial charge in [-0.2, -0.15) is 0 Å². The van der Waals surface area contributed by atoms with E-state index in [-0.39, 0.29) is 0 Å². The number of rotatable bonds is 34. The van der Waals surface area contributed by atoms with Crippen LogP contribution in [0.15, 0.2) is 0 Å². The standard InChI is InChI=1S/C44H90O3P2/c1-5-9-13-17-18-19-20-21-22-23-24-34-42-49(39-31-14-10-6-2,40-32-15-11-7-3,41-33-16-12-8-4)47-48(45-43-35-27-25-28-36-43)46-44-37-29-26-30-38-44/h43-44H,5-42H2,1-4H3. The van der Waals surface area contributed by atoms with Gasteiger partial charge < -0.3 is 0 Å². The molecule has 0 saturated heterocycles. The van der Waals surface area contributed by atoms with Gasteiger partial charge in [-0.3, -0.25) is 0 Å². The van der Waals surface area contributed by atoms with Crippen molar-refractivity contribution in [3.63, 3.8) is 0 Å². The van der Waals surface area contributed by atoms with Crippen LogP contribution in [0.2, 0.25) is 0 Å². The molecule has 2 fully saturated rings. The Bertz CT molecular complexity index is 667. The molecule has 0 aliphatic heterocycles. The van der Waals surface area contributed by atoms with E-state index in [1.807, 2.05) is 0 Å². The first-order valence-corrected chi connectivity index (χ1v) is 26.9. The first-order valence-electron chi connectivity index (χ1n) is 22.9. The Balaban J connectivity index is 2.26. The van der Waals surface area contributed by atoms with Gasteiger partial charge in [0.1, 0.15) is 0 Å². The van der Waals surface area contributed by atoms with Crippen LogP contribution in [0.4, 0.5) is 0 Å². The first kappa shape index (κ1) is 45.9. The second-order valence-electron chi connectivity index (χ2n) is 16.9. The van der Waals surface area contributed by atoms with Crippen LogP contribution in [-0.2, 0) is 13.4 Å². The van der Waals surface area contributed by atoms with Crippen molar-refractivity contribution in [2.45, 2.75) is 258 Å². The van der Waals surface area contributed by atoms with Crippen LogP contribution in [0.1, 0.15) is 246 Å². The Kier molecular flexibility index (Phi) is 28.2. The van der Waals surface area contributed by atoms with E-state index in [9.17, 15) is 0 Å². The second kappa shape index (κ2) is 30.1. The molecule has 0 amide bonds. The van der Waals surface area contributed by atoms with Gasteiger partial charge >= 0.3 is 298 Å². The number of hydrogen-bond acceptors (Lipinski definition) is 3. The maximum atomic E-state index is 8.02. The Morgan fingerprint density at radius 2 is 0.633 bits per heavy atom. The summed E-state index contributed by atoms with van der Waals surface area (Å²) in [6.07, 6.45) is 52.1. The quantitative estimate of drug-likeness (QED) is 0.0488. The van der Waals surface area contributed by atoms with Crippen LogP contribution in [0.25, 0.3) is 0 Å². The summed E-state index contributed by atoms with van der Waals surface area (Å²) in [5.74, 6) is 0. The van der Waals surface area contributed by atoms with E-state index in [4.69, 9.17) is 13.4 Å². The van der Waals surface area contributed by atoms with Crippen LogP contribution in [0.5, 0.6) is 0 Å². The Morgan fingerprint density at radius 1 is 0.367 bits per heavy atom. The van der Waals surface area contributed by atoms with Gasteiger partial charge in [0.15, 0.2) is 0 Å². The van der Waals surface area contributed by atoms with Gasteiger partial charge in [-0.1, -0.05) is 13.3 Å². The Labute approximate surface area is 310 Å². The van der Waals surface area contributed by atoms with Gasteiger partial charge in [0.25, 0.3) is 0 Å². The molecule has 0 unspecified atom stereocenters. The Morgan fingerprint density at radius 3 is 0.939 bits per heavy atom. The zero-order valence-electron chi connectivity index (χ0n) is 34.1. The summed E-state index contributed by atoms with van der Waals surface area (Å²) in [5.41, 5.74) is 0. The van der Waals surface area contributed by atoms with Gasteiger partial charge in [0.05, 0.1) is 0 Å². The fourth-order valence-electron chi connectivity index (χ4n) is 8.84. The topological polar surface area (TPSA) is 27.7 Å². The summed E-state index contributed by atoms with van der Waals surface area (Å²) < 4.78 is 22.3. The average molecular weight is 729 g/mol. The molecule has 2 aliphatic rings. The summed E-state index contributed by atoms with van der Waals surface area (Å²) in [6, 6.07) is 0. The second-order valence-corrected chi connectivity index (χ2v) is 23.9. The van der Waals surface area contributed by atoms with Crippen LogP contribution in [0.3, 0.4) is 0 Å². The SMILES string of the molecule is CCCCCCCCCCCCCCP(CCCCCC)(CCCCCC)(CCCCCC)OP(OC1CCCCC1)OC1CCCCC1. The van der Waals surface area contributed by atoms with Gasteiger partial charge in [-0.25, -0.2) is 0 Å². The van der Waals surface area contributed by atoms with E-state index in [1.54, 1.807) is 0 Å². The van der Waals surface area contributed by atoms with Crippen LogP contribution in [0, 0.1) is 0 Å². The van der Waals surface area contributed by atoms with Crippen molar-refractivity contribution in [2.75, 3.05) is 24.6 Å². The van der Waals surface area contributed by atoms with Crippen molar-refractivity contribution < 1.29 is 13.4 Å². The molecule has 5 heteroatoms. The average Bonchev–Trinajstić information content (AvgIpc) is 3.12. The van der Waals surface area contributed by atoms with Crippen molar-refractivity contribution in [1.29, 1.82) is 0 Å². The van der Waals surface area contributed by atoms with Crippen molar-refractivity contribution in [3.8, 4) is 0 Å². The van der Waals surface area contributed by atoms with Crippen molar-refractivity contribution in [2.24, 2.45) is 0 Å². The molecule has 49 heavy (non-hydrogen) atoms. The van der Waals surface area contributed by atoms with Crippen molar-refractivity contribution >= 4 is 15.4 Å². The van der Waals surface area contributed by atoms with E-state index in [1.165, 1.54) is 243 Å². The van der Waals surface area contributed by atoms with Gasteiger partial charge in [0, 0.05) is 0 Å². The molecule has 2 rings (SSSR count). The van der Waals surface area contributed by atoms with Gasteiger partial charge in [-0.05, 0) is 0 Å². The van der Waals surface area contributed by atoms with Gasteiger partial charge in [0.2, 0.25) is 0 Å². The van der Waals surface area contributed by atoms with Crippen LogP contribution in [-0.4, -0.2) is 36.9 Å². The molecule has 0 atom stereocenters. The molecule has 2 saturated carbocycles. The fraction of sp³-hybridized carbons (Fsp3) is 1.00. The molecular formula is C44H90O3P2. The summed E-state index contributed by atoms with van der Waals surface area (Å²) in [4.78, 5) is 0. The molecule has 0 aromatic heterocycles. The third kappa shape index (κ3) is 21.3. The predicted molar refractivity (Wildman–Crippen MR) is 224 cm³/mol. The minimum atomic E-state index is -2.56. The molecule has 3 nitrogen and oxygen atoms in total. The van der Waals surface area contributed by atoms with E-state index in [0.29, 0.717) is 12.2 Å². The normalized spacial score (nSPS) is 17.5. The summed E-state index contributed by atoms with van der Waals surface area (Å²) >= 11 is 0. The van der Waals surface area contributed by atoms with E-state index >= 15 is 0 Å². The molecule has 0 aromatic carbocycles. The van der Waals surface area contributed by atoms with Crippen molar-refractivity contribution in [1.82, 2.24) is 0 Å². The molecular weight excluding hydrogens is 638 g/mol. The fourth-order valence-corrected chi connectivity index (χ4v) is 18.4. The summed E-state index contributed by atoms with van der Waals surface area (Å²) in [5, 5.41) is 0. The van der Waals surface area contributed by atoms with Gasteiger partial charge in [-0.15, -0.1) is 0 Å². The molecule has 0 bridgehead atoms. The third-order valence-corrected chi connectivity index (χ3v) is 21.3. The Hall–Kier alpha value is 0.740. The van der Waals surface area contributed by atoms with Crippen LogP contribution < -0.4 is 0 Å². The number of unbranched alkanes of at least 4 members (excludes halogenated alkanes) is 20. The minimum absolute atomic E-state index is 0.345. The van der Waals surface area contributed by atoms with Crippen LogP contribution >= 0.6 is 15.4 Å². The van der Waals surface area contributed by atoms with E-state index in [0.717, 1.165) is 0 Å². The molecule has 0 aromatic rings. The van der Waals surface area contributed by atoms with E-state index < -0.39 is 15.4 Å². The molecule has 294 valence electrons. The first-order chi connectivity index (χ1) is 24.1. The molecule has 0 N–H and O–H groups in total. The predicted octanol–water partition coefficient (Wildman–Crippen LogP) is 16.8. The molecule has 2 aliphatic carbocycles. The zero-order chi connectivity index (χ0) is 35.2.